The van der Waals surface area contributed by atoms with Crippen LogP contribution < -0.4 is 0 Å². The fourth-order valence-corrected chi connectivity index (χ4v) is 2.83. The lowest BCUT2D eigenvalue weighted by Crippen LogP contribution is -2.42. The van der Waals surface area contributed by atoms with E-state index in [0.29, 0.717) is 11.1 Å². The molecular formula is C18H16O4. The molecule has 1 aliphatic rings. The molecule has 0 unspecified atom stereocenters. The first kappa shape index (κ1) is 14.5. The number of hydrogen-bond acceptors (Lipinski definition) is 4. The van der Waals surface area contributed by atoms with Crippen LogP contribution in [-0.4, -0.2) is 29.2 Å². The fourth-order valence-electron chi connectivity index (χ4n) is 2.83. The molecule has 2 aromatic carbocycles. The minimum absolute atomic E-state index is 0.0857. The Morgan fingerprint density at radius 3 is 2.09 bits per heavy atom. The molecule has 112 valence electrons. The van der Waals surface area contributed by atoms with E-state index in [4.69, 9.17) is 4.74 Å². The monoisotopic (exact) mass is 296 g/mol. The van der Waals surface area contributed by atoms with Crippen LogP contribution in [0.4, 0.5) is 0 Å². The summed E-state index contributed by atoms with van der Waals surface area (Å²) < 4.78 is 5.23. The number of ether oxygens (including phenoxy) is 1. The molecule has 2 N–H and O–H groups in total. The van der Waals surface area contributed by atoms with E-state index >= 15 is 0 Å². The third-order valence-electron chi connectivity index (χ3n) is 3.96. The molecule has 22 heavy (non-hydrogen) atoms. The molecule has 0 amide bonds. The summed E-state index contributed by atoms with van der Waals surface area (Å²) in [6.07, 6.45) is -1.44. The topological polar surface area (TPSA) is 66.8 Å². The first-order valence-electron chi connectivity index (χ1n) is 6.95. The number of aliphatic hydroxyl groups is 2. The first-order valence-corrected chi connectivity index (χ1v) is 6.95. The minimum Gasteiger partial charge on any atom is -0.497 e. The summed E-state index contributed by atoms with van der Waals surface area (Å²) in [7, 11) is 1.38. The lowest BCUT2D eigenvalue weighted by molar-refractivity contribution is -0.141. The average Bonchev–Trinajstić information content (AvgIpc) is 2.78. The number of methoxy groups -OCH3 is 1. The van der Waals surface area contributed by atoms with Crippen LogP contribution in [0, 0.1) is 0 Å². The van der Waals surface area contributed by atoms with Gasteiger partial charge in [-0.15, -0.1) is 0 Å². The van der Waals surface area contributed by atoms with E-state index in [0.717, 1.165) is 0 Å². The zero-order valence-corrected chi connectivity index (χ0v) is 12.1. The summed E-state index contributed by atoms with van der Waals surface area (Å²) in [5.74, 6) is -0.475. The van der Waals surface area contributed by atoms with Gasteiger partial charge >= 0.3 is 0 Å². The van der Waals surface area contributed by atoms with E-state index in [9.17, 15) is 15.0 Å². The zero-order valence-electron chi connectivity index (χ0n) is 12.1. The molecule has 0 fully saturated rings. The molecule has 4 nitrogen and oxygen atoms in total. The third-order valence-corrected chi connectivity index (χ3v) is 3.96. The second-order valence-electron chi connectivity index (χ2n) is 5.17. The van der Waals surface area contributed by atoms with Crippen LogP contribution in [0.15, 0.2) is 66.4 Å². The lowest BCUT2D eigenvalue weighted by Gasteiger charge is -2.26. The largest absolute Gasteiger partial charge is 0.497 e. The van der Waals surface area contributed by atoms with Crippen LogP contribution in [-0.2, 0) is 15.1 Å². The molecule has 0 heterocycles. The van der Waals surface area contributed by atoms with Crippen molar-refractivity contribution in [2.24, 2.45) is 0 Å². The van der Waals surface area contributed by atoms with Gasteiger partial charge < -0.3 is 14.9 Å². The van der Waals surface area contributed by atoms with E-state index in [1.807, 2.05) is 6.07 Å². The molecule has 0 bridgehead atoms. The molecule has 0 aliphatic heterocycles. The predicted octanol–water partition coefficient (Wildman–Crippen LogP) is 1.88. The van der Waals surface area contributed by atoms with Crippen LogP contribution >= 0.6 is 0 Å². The van der Waals surface area contributed by atoms with Gasteiger partial charge in [0.05, 0.1) is 12.7 Å². The van der Waals surface area contributed by atoms with Gasteiger partial charge in [0.15, 0.2) is 11.7 Å². The number of aliphatic hydroxyl groups excluding tert-OH is 1. The highest BCUT2D eigenvalue weighted by atomic mass is 16.5. The molecule has 1 aliphatic carbocycles. The Hall–Kier alpha value is -2.43. The highest BCUT2D eigenvalue weighted by Gasteiger charge is 2.55. The summed E-state index contributed by atoms with van der Waals surface area (Å²) in [5, 5.41) is 21.4. The molecule has 3 rings (SSSR count). The zero-order chi connectivity index (χ0) is 15.7. The highest BCUT2D eigenvalue weighted by molar-refractivity contribution is 6.28. The Labute approximate surface area is 128 Å². The Morgan fingerprint density at radius 2 is 1.55 bits per heavy atom. The smallest absolute Gasteiger partial charge is 0.206 e. The molecule has 0 radical (unpaired) electrons. The van der Waals surface area contributed by atoms with Crippen LogP contribution in [0.1, 0.15) is 11.1 Å². The predicted molar refractivity (Wildman–Crippen MR) is 81.7 cm³/mol. The molecule has 0 spiro atoms. The summed E-state index contributed by atoms with van der Waals surface area (Å²) in [6.45, 7) is 0. The standard InChI is InChI=1S/C18H16O4/c1-22-15-14(12-8-4-2-5-9-12)16(19)18(21,17(15)20)13-10-6-3-7-11-13/h2-11,17,20-21H,1H3/t17-,18-/m0/s1. The van der Waals surface area contributed by atoms with Gasteiger partial charge in [-0.3, -0.25) is 4.79 Å². The molecular weight excluding hydrogens is 280 g/mol. The van der Waals surface area contributed by atoms with Gasteiger partial charge in [-0.1, -0.05) is 60.7 Å². The number of ketones is 1. The lowest BCUT2D eigenvalue weighted by atomic mass is 9.86. The van der Waals surface area contributed by atoms with Gasteiger partial charge in [-0.2, -0.15) is 0 Å². The second-order valence-corrected chi connectivity index (χ2v) is 5.17. The van der Waals surface area contributed by atoms with E-state index in [2.05, 4.69) is 0 Å². The van der Waals surface area contributed by atoms with Crippen molar-refractivity contribution >= 4 is 11.4 Å². The number of Topliss-reactive ketones (excluding diaryl/α,β-unsaturated/α-hetero) is 1. The van der Waals surface area contributed by atoms with Crippen molar-refractivity contribution < 1.29 is 19.7 Å². The van der Waals surface area contributed by atoms with E-state index in [-0.39, 0.29) is 11.3 Å². The molecule has 4 heteroatoms. The molecule has 0 aromatic heterocycles. The van der Waals surface area contributed by atoms with Crippen molar-refractivity contribution in [2.75, 3.05) is 7.11 Å². The van der Waals surface area contributed by atoms with Gasteiger partial charge in [-0.25, -0.2) is 0 Å². The maximum atomic E-state index is 12.9. The van der Waals surface area contributed by atoms with Crippen molar-refractivity contribution in [3.05, 3.63) is 77.5 Å². The minimum atomic E-state index is -2.03. The molecule has 0 saturated heterocycles. The highest BCUT2D eigenvalue weighted by Crippen LogP contribution is 2.43. The normalized spacial score (nSPS) is 24.7. The van der Waals surface area contributed by atoms with Gasteiger partial charge in [0.1, 0.15) is 5.76 Å². The maximum Gasteiger partial charge on any atom is 0.206 e. The first-order chi connectivity index (χ1) is 10.6. The number of carbonyl (C=O) groups is 1. The van der Waals surface area contributed by atoms with Gasteiger partial charge in [0.2, 0.25) is 5.78 Å². The Balaban J connectivity index is 2.16. The Bertz CT molecular complexity index is 721. The van der Waals surface area contributed by atoms with E-state index in [1.165, 1.54) is 7.11 Å². The van der Waals surface area contributed by atoms with Gasteiger partial charge in [0.25, 0.3) is 0 Å². The summed E-state index contributed by atoms with van der Waals surface area (Å²) in [4.78, 5) is 12.9. The Kier molecular flexibility index (Phi) is 3.56. The Morgan fingerprint density at radius 1 is 1.00 bits per heavy atom. The summed E-state index contributed by atoms with van der Waals surface area (Å²) in [6, 6.07) is 17.3. The summed E-state index contributed by atoms with van der Waals surface area (Å²) in [5.41, 5.74) is -0.872. The van der Waals surface area contributed by atoms with Crippen molar-refractivity contribution in [1.29, 1.82) is 0 Å². The SMILES string of the molecule is COC1=C(c2ccccc2)C(=O)[C@@](O)(c2ccccc2)[C@H]1O. The van der Waals surface area contributed by atoms with Crippen LogP contribution in [0.3, 0.4) is 0 Å². The maximum absolute atomic E-state index is 12.9. The number of hydrogen-bond donors (Lipinski definition) is 2. The number of rotatable bonds is 3. The van der Waals surface area contributed by atoms with Crippen molar-refractivity contribution in [3.63, 3.8) is 0 Å². The van der Waals surface area contributed by atoms with Crippen LogP contribution in [0.2, 0.25) is 0 Å². The summed E-state index contributed by atoms with van der Waals surface area (Å²) >= 11 is 0. The van der Waals surface area contributed by atoms with Crippen molar-refractivity contribution in [2.45, 2.75) is 11.7 Å². The quantitative estimate of drug-likeness (QED) is 0.907. The molecule has 0 saturated carbocycles. The van der Waals surface area contributed by atoms with Crippen LogP contribution in [0.25, 0.3) is 5.57 Å². The second kappa shape index (κ2) is 5.40. The third kappa shape index (κ3) is 1.96. The number of carbonyl (C=O) groups excluding carboxylic acids is 1. The van der Waals surface area contributed by atoms with Crippen molar-refractivity contribution in [1.82, 2.24) is 0 Å². The molecule has 2 atom stereocenters. The average molecular weight is 296 g/mol. The number of benzene rings is 2. The van der Waals surface area contributed by atoms with Gasteiger partial charge in [-0.05, 0) is 11.1 Å². The van der Waals surface area contributed by atoms with Crippen LogP contribution in [0.5, 0.6) is 0 Å². The fraction of sp³-hybridized carbons (Fsp3) is 0.167. The van der Waals surface area contributed by atoms with Gasteiger partial charge in [0, 0.05) is 0 Å². The van der Waals surface area contributed by atoms with E-state index < -0.39 is 17.5 Å². The van der Waals surface area contributed by atoms with E-state index in [1.54, 1.807) is 54.6 Å². The molecule has 2 aromatic rings. The van der Waals surface area contributed by atoms with Crippen molar-refractivity contribution in [3.8, 4) is 0 Å².